The molecule has 0 bridgehead atoms. The van der Waals surface area contributed by atoms with Gasteiger partial charge in [0.05, 0.1) is 24.9 Å². The Balaban J connectivity index is 1.37. The molecule has 350 valence electrons. The van der Waals surface area contributed by atoms with E-state index in [-0.39, 0.29) is 32.2 Å². The monoisotopic (exact) mass is 905 g/mol. The first-order valence-electron chi connectivity index (χ1n) is 20.9. The third kappa shape index (κ3) is 13.2. The molecule has 0 saturated carbocycles. The SMILES string of the molecule is C[C@@H](O)[C@H](N)C(=O)N[C@@H](Cc1cnc[nH]1)C(=O)N[C@@H](Cc1cnc[nH]1)C(=O)N[C@@H](CCC(=O)O)C(=O)N1CCC[C@H]1C(=O)N[C@@H](Cc1c[nH]c2ccccc12)C(=O)N[C@H](C(N)=O)[C@@H](C)O. The Kier molecular flexibility index (Phi) is 16.9. The fraction of sp³-hybridized carbons (Fsp3) is 0.463. The van der Waals surface area contributed by atoms with E-state index >= 15 is 0 Å². The number of carbonyl (C=O) groups excluding carboxylic acids is 7. The van der Waals surface area contributed by atoms with Gasteiger partial charge in [-0.1, -0.05) is 18.2 Å². The minimum absolute atomic E-state index is 0.0132. The largest absolute Gasteiger partial charge is 0.481 e. The average Bonchev–Trinajstić information content (AvgIpc) is 4.12. The van der Waals surface area contributed by atoms with Crippen LogP contribution in [0.2, 0.25) is 0 Å². The number of primary amides is 1. The Hall–Kier alpha value is -7.18. The number of imidazole rings is 2. The number of nitrogens with zero attached hydrogens (tertiary/aromatic N) is 3. The summed E-state index contributed by atoms with van der Waals surface area (Å²) in [6, 6.07) is -2.58. The van der Waals surface area contributed by atoms with Crippen LogP contribution >= 0.6 is 0 Å². The molecule has 5 rings (SSSR count). The van der Waals surface area contributed by atoms with Crippen molar-refractivity contribution in [2.45, 2.75) is 113 Å². The van der Waals surface area contributed by atoms with Crippen molar-refractivity contribution in [2.75, 3.05) is 6.54 Å². The molecule has 4 aromatic rings. The van der Waals surface area contributed by atoms with Crippen LogP contribution in [0, 0.1) is 0 Å². The topological polar surface area (TPSA) is 386 Å². The van der Waals surface area contributed by atoms with Crippen molar-refractivity contribution in [2.24, 2.45) is 11.5 Å². The molecule has 24 nitrogen and oxygen atoms in total. The van der Waals surface area contributed by atoms with E-state index < -0.39 is 115 Å². The van der Waals surface area contributed by atoms with Gasteiger partial charge >= 0.3 is 5.97 Å². The normalized spacial score (nSPS) is 17.4. The van der Waals surface area contributed by atoms with Gasteiger partial charge < -0.3 is 73.2 Å². The summed E-state index contributed by atoms with van der Waals surface area (Å²) in [4.78, 5) is 125. The number of benzene rings is 1. The summed E-state index contributed by atoms with van der Waals surface area (Å²) in [5.41, 5.74) is 13.4. The molecule has 1 aliphatic rings. The number of amides is 7. The number of nitrogens with one attached hydrogen (secondary N) is 8. The molecule has 4 heterocycles. The summed E-state index contributed by atoms with van der Waals surface area (Å²) < 4.78 is 0. The molecule has 0 spiro atoms. The summed E-state index contributed by atoms with van der Waals surface area (Å²) >= 11 is 0. The standard InChI is InChI=1S/C41H55N13O11/c1-20(55)33(42)40(64)52-30(14-24-17-45-19-48-24)37(61)50-29(13-23-16-44-18-47-23)36(60)49-27(9-10-32(57)58)41(65)54-11-5-8-31(54)39(63)51-28(38(62)53-34(21(2)56)35(43)59)12-22-15-46-26-7-4-3-6-25(22)26/h3-4,6-7,15-21,27-31,33-34,46,55-56H,5,8-14,42H2,1-2H3,(H2,43,59)(H,44,47)(H,45,48)(H,49,60)(H,50,61)(H,51,63)(H,52,64)(H,53,62)(H,57,58)/t20-,21-,27+,28+,29+,30+,31+,33+,34+/m1/s1. The Bertz CT molecular complexity index is 2300. The van der Waals surface area contributed by atoms with Gasteiger partial charge in [0, 0.05) is 73.1 Å². The van der Waals surface area contributed by atoms with Crippen molar-refractivity contribution in [3.05, 3.63) is 72.5 Å². The third-order valence-electron chi connectivity index (χ3n) is 11.0. The lowest BCUT2D eigenvalue weighted by Crippen LogP contribution is -2.61. The number of hydrogen-bond donors (Lipinski definition) is 13. The van der Waals surface area contributed by atoms with Gasteiger partial charge in [-0.25, -0.2) is 9.97 Å². The Morgan fingerprint density at radius 3 is 1.89 bits per heavy atom. The number of aromatic amines is 3. The van der Waals surface area contributed by atoms with E-state index in [2.05, 4.69) is 51.5 Å². The lowest BCUT2D eigenvalue weighted by Gasteiger charge is -2.31. The van der Waals surface area contributed by atoms with E-state index in [1.807, 2.05) is 12.1 Å². The Morgan fingerprint density at radius 2 is 1.34 bits per heavy atom. The molecular weight excluding hydrogens is 851 g/mol. The van der Waals surface area contributed by atoms with Gasteiger partial charge in [-0.15, -0.1) is 0 Å². The van der Waals surface area contributed by atoms with Crippen molar-refractivity contribution in [1.82, 2.24) is 56.4 Å². The summed E-state index contributed by atoms with van der Waals surface area (Å²) in [6.45, 7) is 2.57. The second kappa shape index (κ2) is 22.4. The molecule has 65 heavy (non-hydrogen) atoms. The van der Waals surface area contributed by atoms with Crippen LogP contribution in [0.1, 0.15) is 56.5 Å². The van der Waals surface area contributed by atoms with E-state index in [4.69, 9.17) is 11.5 Å². The number of aliphatic carboxylic acids is 1. The summed E-state index contributed by atoms with van der Waals surface area (Å²) in [6.07, 6.45) is 3.48. The highest BCUT2D eigenvalue weighted by Gasteiger charge is 2.41. The van der Waals surface area contributed by atoms with Crippen molar-refractivity contribution < 1.29 is 53.7 Å². The van der Waals surface area contributed by atoms with Crippen molar-refractivity contribution >= 4 is 58.2 Å². The molecule has 0 radical (unpaired) electrons. The van der Waals surface area contributed by atoms with Gasteiger partial charge in [-0.3, -0.25) is 38.4 Å². The molecule has 1 saturated heterocycles. The molecule has 1 fully saturated rings. The minimum Gasteiger partial charge on any atom is -0.481 e. The Morgan fingerprint density at radius 1 is 0.769 bits per heavy atom. The molecule has 15 N–H and O–H groups in total. The summed E-state index contributed by atoms with van der Waals surface area (Å²) in [5, 5.41) is 43.2. The fourth-order valence-electron chi connectivity index (χ4n) is 7.39. The van der Waals surface area contributed by atoms with Crippen molar-refractivity contribution in [3.8, 4) is 0 Å². The zero-order valence-corrected chi connectivity index (χ0v) is 35.7. The number of aromatic nitrogens is 5. The minimum atomic E-state index is -1.54. The van der Waals surface area contributed by atoms with Crippen LogP contribution in [-0.4, -0.2) is 154 Å². The second-order valence-corrected chi connectivity index (χ2v) is 15.9. The highest BCUT2D eigenvalue weighted by Crippen LogP contribution is 2.22. The van der Waals surface area contributed by atoms with Crippen LogP contribution < -0.4 is 38.1 Å². The molecule has 0 aliphatic carbocycles. The molecule has 9 atom stereocenters. The van der Waals surface area contributed by atoms with Crippen LogP contribution in [-0.2, 0) is 57.6 Å². The van der Waals surface area contributed by atoms with E-state index in [9.17, 15) is 53.7 Å². The van der Waals surface area contributed by atoms with Crippen molar-refractivity contribution in [3.63, 3.8) is 0 Å². The smallest absolute Gasteiger partial charge is 0.303 e. The molecule has 24 heteroatoms. The first-order valence-corrected chi connectivity index (χ1v) is 20.9. The van der Waals surface area contributed by atoms with Crippen molar-refractivity contribution in [1.29, 1.82) is 0 Å². The van der Waals surface area contributed by atoms with E-state index in [1.165, 1.54) is 43.8 Å². The number of aliphatic hydroxyl groups is 2. The van der Waals surface area contributed by atoms with Gasteiger partial charge in [0.15, 0.2) is 0 Å². The van der Waals surface area contributed by atoms with Crippen LogP contribution in [0.3, 0.4) is 0 Å². The number of para-hydroxylation sites is 1. The highest BCUT2D eigenvalue weighted by molar-refractivity contribution is 5.98. The molecule has 0 unspecified atom stereocenters. The predicted molar refractivity (Wildman–Crippen MR) is 228 cm³/mol. The molecular formula is C41H55N13O11. The number of carboxylic acids is 1. The lowest BCUT2D eigenvalue weighted by molar-refractivity contribution is -0.143. The third-order valence-corrected chi connectivity index (χ3v) is 11.0. The van der Waals surface area contributed by atoms with Gasteiger partial charge in [0.1, 0.15) is 42.3 Å². The number of H-pyrrole nitrogens is 3. The van der Waals surface area contributed by atoms with Crippen LogP contribution in [0.4, 0.5) is 0 Å². The van der Waals surface area contributed by atoms with Gasteiger partial charge in [0.25, 0.3) is 0 Å². The second-order valence-electron chi connectivity index (χ2n) is 15.9. The van der Waals surface area contributed by atoms with E-state index in [0.29, 0.717) is 23.4 Å². The maximum atomic E-state index is 14.4. The quantitative estimate of drug-likeness (QED) is 0.0344. The number of carboxylic acid groups (broad SMARTS) is 1. The number of aliphatic hydroxyl groups excluding tert-OH is 2. The first kappa shape index (κ1) is 48.8. The number of fused-ring (bicyclic) bond motifs is 1. The van der Waals surface area contributed by atoms with E-state index in [0.717, 1.165) is 10.9 Å². The van der Waals surface area contributed by atoms with Gasteiger partial charge in [-0.05, 0) is 44.7 Å². The number of carbonyl (C=O) groups is 8. The maximum absolute atomic E-state index is 14.4. The van der Waals surface area contributed by atoms with Crippen LogP contribution in [0.5, 0.6) is 0 Å². The zero-order valence-electron chi connectivity index (χ0n) is 35.7. The average molecular weight is 906 g/mol. The maximum Gasteiger partial charge on any atom is 0.303 e. The van der Waals surface area contributed by atoms with Crippen LogP contribution in [0.25, 0.3) is 10.9 Å². The van der Waals surface area contributed by atoms with Gasteiger partial charge in [-0.2, -0.15) is 0 Å². The predicted octanol–water partition coefficient (Wildman–Crippen LogP) is -3.50. The zero-order chi connectivity index (χ0) is 47.4. The lowest BCUT2D eigenvalue weighted by atomic mass is 10.0. The van der Waals surface area contributed by atoms with Gasteiger partial charge in [0.2, 0.25) is 41.4 Å². The number of likely N-dealkylation sites (tertiary alicyclic amines) is 1. The van der Waals surface area contributed by atoms with E-state index in [1.54, 1.807) is 18.3 Å². The van der Waals surface area contributed by atoms with Crippen LogP contribution in [0.15, 0.2) is 55.5 Å². The summed E-state index contributed by atoms with van der Waals surface area (Å²) in [5.74, 6) is -7.40. The number of nitrogens with two attached hydrogens (primary N) is 2. The fourth-order valence-corrected chi connectivity index (χ4v) is 7.39. The number of hydrogen-bond acceptors (Lipinski definition) is 13. The molecule has 1 aromatic carbocycles. The summed E-state index contributed by atoms with van der Waals surface area (Å²) in [7, 11) is 0. The highest BCUT2D eigenvalue weighted by atomic mass is 16.4. The molecule has 3 aromatic heterocycles. The molecule has 1 aliphatic heterocycles. The number of rotatable bonds is 23. The Labute approximate surface area is 371 Å². The molecule has 7 amide bonds. The first-order chi connectivity index (χ1) is 30.9.